The minimum atomic E-state index is 0.723. The maximum Gasteiger partial charge on any atom is 0.147 e. The van der Waals surface area contributed by atoms with E-state index in [4.69, 9.17) is 21.1 Å². The van der Waals surface area contributed by atoms with Gasteiger partial charge in [-0.2, -0.15) is 0 Å². The van der Waals surface area contributed by atoms with Gasteiger partial charge in [-0.3, -0.25) is 0 Å². The van der Waals surface area contributed by atoms with Crippen LogP contribution in [0.25, 0.3) is 22.5 Å². The molecule has 1 aromatic carbocycles. The molecule has 3 nitrogen and oxygen atoms in total. The first-order valence-corrected chi connectivity index (χ1v) is 8.69. The SMILES string of the molecule is CCCc1nc2c(s1)CCc1onc(-c3ccc(Cl)cc3)c1-2. The minimum Gasteiger partial charge on any atom is -0.360 e. The number of rotatable bonds is 3. The van der Waals surface area contributed by atoms with Crippen molar-refractivity contribution in [2.75, 3.05) is 0 Å². The van der Waals surface area contributed by atoms with Crippen molar-refractivity contribution in [3.63, 3.8) is 0 Å². The number of hydrogen-bond donors (Lipinski definition) is 0. The molecule has 0 radical (unpaired) electrons. The quantitative estimate of drug-likeness (QED) is 0.665. The molecule has 22 heavy (non-hydrogen) atoms. The van der Waals surface area contributed by atoms with Crippen LogP contribution in [0.2, 0.25) is 5.02 Å². The monoisotopic (exact) mass is 330 g/mol. The third-order valence-electron chi connectivity index (χ3n) is 3.90. The van der Waals surface area contributed by atoms with Crippen LogP contribution >= 0.6 is 22.9 Å². The Kier molecular flexibility index (Phi) is 3.51. The van der Waals surface area contributed by atoms with E-state index >= 15 is 0 Å². The minimum absolute atomic E-state index is 0.723. The van der Waals surface area contributed by atoms with E-state index < -0.39 is 0 Å². The number of aryl methyl sites for hydroxylation is 3. The molecule has 1 aliphatic rings. The molecule has 1 aliphatic carbocycles. The Morgan fingerprint density at radius 1 is 1.18 bits per heavy atom. The Hall–Kier alpha value is -1.65. The summed E-state index contributed by atoms with van der Waals surface area (Å²) in [5.41, 5.74) is 4.04. The van der Waals surface area contributed by atoms with Gasteiger partial charge in [-0.25, -0.2) is 4.98 Å². The molecular weight excluding hydrogens is 316 g/mol. The van der Waals surface area contributed by atoms with Gasteiger partial charge in [0.2, 0.25) is 0 Å². The Morgan fingerprint density at radius 3 is 2.77 bits per heavy atom. The number of nitrogens with zero attached hydrogens (tertiary/aromatic N) is 2. The molecule has 4 rings (SSSR count). The Balaban J connectivity index is 1.85. The van der Waals surface area contributed by atoms with Crippen LogP contribution in [-0.2, 0) is 19.3 Å². The predicted molar refractivity (Wildman–Crippen MR) is 89.5 cm³/mol. The molecule has 0 bridgehead atoms. The third-order valence-corrected chi connectivity index (χ3v) is 5.33. The molecule has 0 atom stereocenters. The van der Waals surface area contributed by atoms with Crippen molar-refractivity contribution >= 4 is 22.9 Å². The zero-order valence-electron chi connectivity index (χ0n) is 12.2. The second kappa shape index (κ2) is 5.52. The number of halogens is 1. The second-order valence-corrected chi connectivity index (χ2v) is 7.07. The van der Waals surface area contributed by atoms with E-state index in [0.29, 0.717) is 0 Å². The van der Waals surface area contributed by atoms with Crippen molar-refractivity contribution in [1.82, 2.24) is 10.1 Å². The summed E-state index contributed by atoms with van der Waals surface area (Å²) in [5.74, 6) is 0.950. The van der Waals surface area contributed by atoms with Gasteiger partial charge in [0.05, 0.1) is 16.3 Å². The van der Waals surface area contributed by atoms with Crippen LogP contribution in [0.15, 0.2) is 28.8 Å². The highest BCUT2D eigenvalue weighted by Gasteiger charge is 2.28. The first kappa shape index (κ1) is 14.0. The molecule has 0 fully saturated rings. The van der Waals surface area contributed by atoms with Gasteiger partial charge < -0.3 is 4.52 Å². The smallest absolute Gasteiger partial charge is 0.147 e. The summed E-state index contributed by atoms with van der Waals surface area (Å²) in [6.07, 6.45) is 4.05. The normalized spacial score (nSPS) is 13.0. The van der Waals surface area contributed by atoms with E-state index in [2.05, 4.69) is 12.1 Å². The van der Waals surface area contributed by atoms with Crippen LogP contribution in [0.4, 0.5) is 0 Å². The summed E-state index contributed by atoms with van der Waals surface area (Å²) in [5, 5.41) is 6.23. The van der Waals surface area contributed by atoms with Crippen molar-refractivity contribution in [2.45, 2.75) is 32.6 Å². The van der Waals surface area contributed by atoms with Gasteiger partial charge in [0, 0.05) is 21.9 Å². The number of fused-ring (bicyclic) bond motifs is 3. The van der Waals surface area contributed by atoms with E-state index in [1.54, 1.807) is 0 Å². The van der Waals surface area contributed by atoms with E-state index in [1.807, 2.05) is 35.6 Å². The highest BCUT2D eigenvalue weighted by Crippen LogP contribution is 2.42. The standard InChI is InChI=1S/C17H15ClN2OS/c1-2-3-14-19-17-13(22-14)9-8-12-15(17)16(20-21-12)10-4-6-11(18)7-5-10/h4-7H,2-3,8-9H2,1H3. The predicted octanol–water partition coefficient (Wildman–Crippen LogP) is 5.17. The number of aromatic nitrogens is 2. The van der Waals surface area contributed by atoms with Crippen molar-refractivity contribution in [3.05, 3.63) is 44.9 Å². The average molecular weight is 331 g/mol. The van der Waals surface area contributed by atoms with Crippen molar-refractivity contribution in [1.29, 1.82) is 0 Å². The van der Waals surface area contributed by atoms with Gasteiger partial charge in [0.25, 0.3) is 0 Å². The van der Waals surface area contributed by atoms with Crippen LogP contribution in [0.5, 0.6) is 0 Å². The summed E-state index contributed by atoms with van der Waals surface area (Å²) >= 11 is 7.81. The molecule has 0 aliphatic heterocycles. The van der Waals surface area contributed by atoms with Crippen LogP contribution < -0.4 is 0 Å². The van der Waals surface area contributed by atoms with Crippen LogP contribution in [0.3, 0.4) is 0 Å². The van der Waals surface area contributed by atoms with Crippen LogP contribution in [0.1, 0.15) is 29.0 Å². The molecular formula is C17H15ClN2OS. The van der Waals surface area contributed by atoms with Crippen LogP contribution in [0, 0.1) is 0 Å². The molecule has 0 amide bonds. The van der Waals surface area contributed by atoms with Gasteiger partial charge in [-0.05, 0) is 31.4 Å². The summed E-state index contributed by atoms with van der Waals surface area (Å²) in [6.45, 7) is 2.18. The number of benzene rings is 1. The summed E-state index contributed by atoms with van der Waals surface area (Å²) < 4.78 is 5.58. The van der Waals surface area contributed by atoms with Crippen LogP contribution in [-0.4, -0.2) is 10.1 Å². The molecule has 5 heteroatoms. The molecule has 3 aromatic rings. The molecule has 2 heterocycles. The maximum atomic E-state index is 5.98. The Bertz CT molecular complexity index is 820. The van der Waals surface area contributed by atoms with E-state index in [1.165, 1.54) is 9.88 Å². The lowest BCUT2D eigenvalue weighted by Crippen LogP contribution is -2.00. The molecule has 112 valence electrons. The Labute approximate surface area is 137 Å². The summed E-state index contributed by atoms with van der Waals surface area (Å²) in [4.78, 5) is 6.21. The highest BCUT2D eigenvalue weighted by atomic mass is 35.5. The first-order chi connectivity index (χ1) is 10.8. The largest absolute Gasteiger partial charge is 0.360 e. The molecule has 0 N–H and O–H groups in total. The fraction of sp³-hybridized carbons (Fsp3) is 0.294. The first-order valence-electron chi connectivity index (χ1n) is 7.49. The fourth-order valence-corrected chi connectivity index (χ4v) is 4.16. The van der Waals surface area contributed by atoms with Gasteiger partial charge in [0.1, 0.15) is 11.5 Å². The van der Waals surface area contributed by atoms with Gasteiger partial charge in [-0.1, -0.05) is 35.8 Å². The average Bonchev–Trinajstić information content (AvgIpc) is 3.11. The molecule has 2 aromatic heterocycles. The zero-order chi connectivity index (χ0) is 15.1. The summed E-state index contributed by atoms with van der Waals surface area (Å²) in [6, 6.07) is 7.72. The zero-order valence-corrected chi connectivity index (χ0v) is 13.8. The summed E-state index contributed by atoms with van der Waals surface area (Å²) in [7, 11) is 0. The second-order valence-electron chi connectivity index (χ2n) is 5.47. The number of thiazole rings is 1. The van der Waals surface area contributed by atoms with Crippen molar-refractivity contribution in [2.24, 2.45) is 0 Å². The van der Waals surface area contributed by atoms with E-state index in [9.17, 15) is 0 Å². The number of hydrogen-bond acceptors (Lipinski definition) is 4. The molecule has 0 saturated carbocycles. The topological polar surface area (TPSA) is 38.9 Å². The van der Waals surface area contributed by atoms with E-state index in [-0.39, 0.29) is 0 Å². The lowest BCUT2D eigenvalue weighted by molar-refractivity contribution is 0.385. The molecule has 0 unspecified atom stereocenters. The molecule has 0 saturated heterocycles. The Morgan fingerprint density at radius 2 is 2.00 bits per heavy atom. The van der Waals surface area contributed by atoms with Crippen molar-refractivity contribution in [3.8, 4) is 22.5 Å². The third kappa shape index (κ3) is 2.27. The van der Waals surface area contributed by atoms with E-state index in [0.717, 1.165) is 59.0 Å². The van der Waals surface area contributed by atoms with Gasteiger partial charge in [0.15, 0.2) is 0 Å². The lowest BCUT2D eigenvalue weighted by Gasteiger charge is -2.09. The van der Waals surface area contributed by atoms with Gasteiger partial charge >= 0.3 is 0 Å². The van der Waals surface area contributed by atoms with Gasteiger partial charge in [-0.15, -0.1) is 11.3 Å². The molecule has 0 spiro atoms. The maximum absolute atomic E-state index is 5.98. The van der Waals surface area contributed by atoms with Crippen molar-refractivity contribution < 1.29 is 4.52 Å². The fourth-order valence-electron chi connectivity index (χ4n) is 2.86. The highest BCUT2D eigenvalue weighted by molar-refractivity contribution is 7.12. The lowest BCUT2D eigenvalue weighted by atomic mass is 9.96.